The summed E-state index contributed by atoms with van der Waals surface area (Å²) in [7, 11) is 3.07. The maximum absolute atomic E-state index is 13.0. The lowest BCUT2D eigenvalue weighted by Crippen LogP contribution is -2.48. The highest BCUT2D eigenvalue weighted by atomic mass is 16.6. The monoisotopic (exact) mass is 481 g/mol. The number of carbonyl (C=O) groups excluding carboxylic acids is 3. The van der Waals surface area contributed by atoms with Gasteiger partial charge < -0.3 is 24.8 Å². The van der Waals surface area contributed by atoms with Crippen LogP contribution in [0.25, 0.3) is 0 Å². The van der Waals surface area contributed by atoms with Gasteiger partial charge in [-0.1, -0.05) is 25.1 Å². The largest absolute Gasteiger partial charge is 0.497 e. The van der Waals surface area contributed by atoms with Crippen molar-refractivity contribution in [1.82, 2.24) is 10.2 Å². The Balaban J connectivity index is 1.83. The fourth-order valence-corrected chi connectivity index (χ4v) is 3.81. The summed E-state index contributed by atoms with van der Waals surface area (Å²) in [5, 5.41) is 5.76. The number of allylic oxidation sites excluding steroid dienone is 1. The maximum Gasteiger partial charge on any atom is 0.338 e. The molecule has 2 aromatic carbocycles. The van der Waals surface area contributed by atoms with Gasteiger partial charge >= 0.3 is 12.0 Å². The second kappa shape index (κ2) is 12.0. The van der Waals surface area contributed by atoms with Gasteiger partial charge in [-0.15, -0.1) is 0 Å². The first-order valence-electron chi connectivity index (χ1n) is 11.4. The molecule has 1 unspecified atom stereocenters. The molecule has 0 spiro atoms. The maximum atomic E-state index is 13.0. The number of ether oxygens (including phenoxy) is 3. The Kier molecular flexibility index (Phi) is 8.86. The average molecular weight is 482 g/mol. The number of benzene rings is 2. The Morgan fingerprint density at radius 1 is 1.09 bits per heavy atom. The third kappa shape index (κ3) is 6.19. The molecule has 2 aromatic rings. The van der Waals surface area contributed by atoms with E-state index in [1.165, 1.54) is 7.11 Å². The topological polar surface area (TPSA) is 106 Å². The van der Waals surface area contributed by atoms with Gasteiger partial charge in [0.15, 0.2) is 0 Å². The first kappa shape index (κ1) is 25.8. The van der Waals surface area contributed by atoms with E-state index in [-0.39, 0.29) is 25.2 Å². The number of amides is 3. The van der Waals surface area contributed by atoms with Crippen molar-refractivity contribution in [2.45, 2.75) is 26.3 Å². The van der Waals surface area contributed by atoms with Gasteiger partial charge in [-0.3, -0.25) is 9.69 Å². The highest BCUT2D eigenvalue weighted by molar-refractivity contribution is 6.04. The van der Waals surface area contributed by atoms with Gasteiger partial charge in [0.05, 0.1) is 25.3 Å². The Bertz CT molecular complexity index is 1100. The lowest BCUT2D eigenvalue weighted by Gasteiger charge is -2.35. The van der Waals surface area contributed by atoms with E-state index >= 15 is 0 Å². The molecule has 3 rings (SSSR count). The number of carbonyl (C=O) groups is 3. The van der Waals surface area contributed by atoms with E-state index < -0.39 is 12.0 Å². The molecule has 1 atom stereocenters. The predicted octanol–water partition coefficient (Wildman–Crippen LogP) is 3.89. The number of methoxy groups -OCH3 is 2. The van der Waals surface area contributed by atoms with Crippen LogP contribution in [0.15, 0.2) is 59.8 Å². The average Bonchev–Trinajstić information content (AvgIpc) is 2.86. The minimum absolute atomic E-state index is 0.107. The third-order valence-electron chi connectivity index (χ3n) is 5.62. The fraction of sp³-hybridized carbons (Fsp3) is 0.346. The summed E-state index contributed by atoms with van der Waals surface area (Å²) in [5.41, 5.74) is 2.64. The van der Waals surface area contributed by atoms with E-state index in [0.29, 0.717) is 40.4 Å². The van der Waals surface area contributed by atoms with Gasteiger partial charge in [-0.05, 0) is 49.2 Å². The zero-order valence-corrected chi connectivity index (χ0v) is 20.4. The molecule has 1 aliphatic heterocycles. The van der Waals surface area contributed by atoms with E-state index in [2.05, 4.69) is 10.6 Å². The number of hydrogen-bond donors (Lipinski definition) is 2. The normalized spacial score (nSPS) is 15.5. The smallest absolute Gasteiger partial charge is 0.338 e. The highest BCUT2D eigenvalue weighted by Crippen LogP contribution is 2.32. The third-order valence-corrected chi connectivity index (χ3v) is 5.62. The standard InChI is InChI=1S/C26H31N3O6/c1-5-13-29-17(2)22(25(31)35-15-14-33-3)23(28-26(29)32)18-9-11-20(12-10-18)27-24(30)19-7-6-8-21(16-19)34-4/h6-12,16,23H,5,13-15H2,1-4H3,(H,27,30)(H,28,32). The molecule has 35 heavy (non-hydrogen) atoms. The highest BCUT2D eigenvalue weighted by Gasteiger charge is 2.36. The molecule has 0 saturated carbocycles. The molecule has 0 bridgehead atoms. The van der Waals surface area contributed by atoms with E-state index in [4.69, 9.17) is 14.2 Å². The molecule has 0 radical (unpaired) electrons. The van der Waals surface area contributed by atoms with Crippen LogP contribution < -0.4 is 15.4 Å². The van der Waals surface area contributed by atoms with Gasteiger partial charge in [0.25, 0.3) is 5.91 Å². The molecule has 9 nitrogen and oxygen atoms in total. The van der Waals surface area contributed by atoms with Crippen LogP contribution in [-0.2, 0) is 14.3 Å². The van der Waals surface area contributed by atoms with Crippen molar-refractivity contribution in [1.29, 1.82) is 0 Å². The summed E-state index contributed by atoms with van der Waals surface area (Å²) >= 11 is 0. The van der Waals surface area contributed by atoms with Gasteiger partial charge in [0.2, 0.25) is 0 Å². The van der Waals surface area contributed by atoms with Crippen molar-refractivity contribution in [3.63, 3.8) is 0 Å². The molecule has 3 amide bonds. The van der Waals surface area contributed by atoms with Crippen LogP contribution in [0.1, 0.15) is 42.2 Å². The summed E-state index contributed by atoms with van der Waals surface area (Å²) in [6, 6.07) is 12.9. The van der Waals surface area contributed by atoms with Crippen LogP contribution >= 0.6 is 0 Å². The van der Waals surface area contributed by atoms with Crippen LogP contribution in [0, 0.1) is 0 Å². The van der Waals surface area contributed by atoms with Crippen LogP contribution in [0.2, 0.25) is 0 Å². The predicted molar refractivity (Wildman–Crippen MR) is 131 cm³/mol. The molecule has 1 heterocycles. The van der Waals surface area contributed by atoms with Crippen LogP contribution in [0.4, 0.5) is 10.5 Å². The summed E-state index contributed by atoms with van der Waals surface area (Å²) in [5.74, 6) is -0.206. The van der Waals surface area contributed by atoms with Crippen LogP contribution in [0.5, 0.6) is 5.75 Å². The molecule has 0 fully saturated rings. The summed E-state index contributed by atoms with van der Waals surface area (Å²) in [6.07, 6.45) is 0.739. The second-order valence-electron chi connectivity index (χ2n) is 7.97. The Morgan fingerprint density at radius 3 is 2.49 bits per heavy atom. The number of nitrogens with one attached hydrogen (secondary N) is 2. The van der Waals surface area contributed by atoms with Crippen LogP contribution in [-0.4, -0.2) is 56.8 Å². The minimum Gasteiger partial charge on any atom is -0.497 e. The molecule has 0 saturated heterocycles. The molecule has 9 heteroatoms. The summed E-state index contributed by atoms with van der Waals surface area (Å²) in [6.45, 7) is 4.57. The van der Waals surface area contributed by atoms with Crippen molar-refractivity contribution in [3.8, 4) is 5.75 Å². The zero-order valence-electron chi connectivity index (χ0n) is 20.4. The van der Waals surface area contributed by atoms with E-state index in [9.17, 15) is 14.4 Å². The van der Waals surface area contributed by atoms with E-state index in [1.54, 1.807) is 67.5 Å². The van der Waals surface area contributed by atoms with Gasteiger partial charge in [-0.25, -0.2) is 9.59 Å². The van der Waals surface area contributed by atoms with Crippen molar-refractivity contribution in [3.05, 3.63) is 70.9 Å². The molecule has 0 aliphatic carbocycles. The Morgan fingerprint density at radius 2 is 1.83 bits per heavy atom. The van der Waals surface area contributed by atoms with E-state index in [0.717, 1.165) is 6.42 Å². The zero-order chi connectivity index (χ0) is 25.4. The second-order valence-corrected chi connectivity index (χ2v) is 7.97. The number of hydrogen-bond acceptors (Lipinski definition) is 6. The first-order valence-corrected chi connectivity index (χ1v) is 11.4. The van der Waals surface area contributed by atoms with Crippen molar-refractivity contribution in [2.24, 2.45) is 0 Å². The van der Waals surface area contributed by atoms with Gasteiger partial charge in [0.1, 0.15) is 12.4 Å². The van der Waals surface area contributed by atoms with Gasteiger partial charge in [0, 0.05) is 30.6 Å². The van der Waals surface area contributed by atoms with Crippen molar-refractivity contribution >= 4 is 23.6 Å². The number of rotatable bonds is 10. The van der Waals surface area contributed by atoms with Crippen LogP contribution in [0.3, 0.4) is 0 Å². The summed E-state index contributed by atoms with van der Waals surface area (Å²) < 4.78 is 15.5. The molecule has 0 aromatic heterocycles. The van der Waals surface area contributed by atoms with Crippen molar-refractivity contribution in [2.75, 3.05) is 39.3 Å². The summed E-state index contributed by atoms with van der Waals surface area (Å²) in [4.78, 5) is 39.9. The minimum atomic E-state index is -0.686. The number of urea groups is 1. The number of nitrogens with zero attached hydrogens (tertiary/aromatic N) is 1. The SMILES string of the molecule is CCCN1C(=O)NC(c2ccc(NC(=O)c3cccc(OC)c3)cc2)C(C(=O)OCCOC)=C1C. The molecular formula is C26H31N3O6. The Hall–Kier alpha value is -3.85. The lowest BCUT2D eigenvalue weighted by atomic mass is 9.94. The van der Waals surface area contributed by atoms with E-state index in [1.807, 2.05) is 6.92 Å². The number of anilines is 1. The lowest BCUT2D eigenvalue weighted by molar-refractivity contribution is -0.140. The fourth-order valence-electron chi connectivity index (χ4n) is 3.81. The van der Waals surface area contributed by atoms with Crippen molar-refractivity contribution < 1.29 is 28.6 Å². The number of esters is 1. The first-order chi connectivity index (χ1) is 16.9. The molecule has 2 N–H and O–H groups in total. The Labute approximate surface area is 205 Å². The molecule has 1 aliphatic rings. The molecule has 186 valence electrons. The molecular weight excluding hydrogens is 450 g/mol. The van der Waals surface area contributed by atoms with Gasteiger partial charge in [-0.2, -0.15) is 0 Å². The quantitative estimate of drug-likeness (QED) is 0.394.